The van der Waals surface area contributed by atoms with Crippen LogP contribution < -0.4 is 4.74 Å². The van der Waals surface area contributed by atoms with E-state index in [4.69, 9.17) is 9.47 Å². The van der Waals surface area contributed by atoms with Crippen LogP contribution in [0.4, 0.5) is 0 Å². The smallest absolute Gasteiger partial charge is 0.355 e. The van der Waals surface area contributed by atoms with Crippen LogP contribution in [0.1, 0.15) is 16.1 Å². The minimum atomic E-state index is -0.386. The monoisotopic (exact) mass is 309 g/mol. The largest absolute Gasteiger partial charge is 0.497 e. The van der Waals surface area contributed by atoms with Crippen LogP contribution in [0.15, 0.2) is 41.0 Å². The first-order valence-corrected chi connectivity index (χ1v) is 6.12. The highest BCUT2D eigenvalue weighted by atomic mass is 79.9. The third-order valence-electron chi connectivity index (χ3n) is 2.37. The Morgan fingerprint density at radius 1 is 1.39 bits per heavy atom. The summed E-state index contributed by atoms with van der Waals surface area (Å²) in [6.07, 6.45) is 1.68. The van der Waals surface area contributed by atoms with Gasteiger partial charge in [0.2, 0.25) is 0 Å². The fourth-order valence-electron chi connectivity index (χ4n) is 1.47. The maximum Gasteiger partial charge on any atom is 0.355 e. The van der Waals surface area contributed by atoms with E-state index in [1.54, 1.807) is 19.4 Å². The van der Waals surface area contributed by atoms with Crippen molar-refractivity contribution >= 4 is 21.9 Å². The van der Waals surface area contributed by atoms with Crippen molar-refractivity contribution in [2.24, 2.45) is 0 Å². The van der Waals surface area contributed by atoms with Gasteiger partial charge in [-0.3, -0.25) is 0 Å². The van der Waals surface area contributed by atoms with E-state index in [0.29, 0.717) is 5.69 Å². The number of benzene rings is 1. The Kier molecular flexibility index (Phi) is 4.04. The standard InChI is InChI=1S/C13H12BrNO3/c1-17-11-4-2-3-9(5-11)8-18-13(16)12-6-10(14)7-15-12/h2-7,15H,8H2,1H3. The number of hydrogen-bond donors (Lipinski definition) is 1. The van der Waals surface area contributed by atoms with Gasteiger partial charge in [-0.2, -0.15) is 0 Å². The molecule has 5 heteroatoms. The summed E-state index contributed by atoms with van der Waals surface area (Å²) in [5.41, 5.74) is 1.30. The molecule has 0 radical (unpaired) electrons. The highest BCUT2D eigenvalue weighted by Crippen LogP contribution is 2.15. The number of aromatic nitrogens is 1. The van der Waals surface area contributed by atoms with Crippen molar-refractivity contribution in [2.75, 3.05) is 7.11 Å². The lowest BCUT2D eigenvalue weighted by Gasteiger charge is -2.05. The number of rotatable bonds is 4. The van der Waals surface area contributed by atoms with Crippen LogP contribution in [0.5, 0.6) is 5.75 Å². The summed E-state index contributed by atoms with van der Waals surface area (Å²) < 4.78 is 11.1. The molecule has 0 unspecified atom stereocenters. The lowest BCUT2D eigenvalue weighted by atomic mass is 10.2. The molecule has 2 aromatic rings. The average molecular weight is 310 g/mol. The molecular weight excluding hydrogens is 298 g/mol. The minimum absolute atomic E-state index is 0.215. The molecule has 0 atom stereocenters. The zero-order valence-corrected chi connectivity index (χ0v) is 11.4. The topological polar surface area (TPSA) is 51.3 Å². The van der Waals surface area contributed by atoms with E-state index in [9.17, 15) is 4.79 Å². The number of esters is 1. The Balaban J connectivity index is 1.97. The van der Waals surface area contributed by atoms with E-state index in [1.807, 2.05) is 24.3 Å². The van der Waals surface area contributed by atoms with Crippen LogP contribution >= 0.6 is 15.9 Å². The highest BCUT2D eigenvalue weighted by Gasteiger charge is 2.09. The second-order valence-electron chi connectivity index (χ2n) is 3.66. The van der Waals surface area contributed by atoms with Gasteiger partial charge in [-0.1, -0.05) is 12.1 Å². The normalized spacial score (nSPS) is 10.1. The van der Waals surface area contributed by atoms with Gasteiger partial charge in [0.1, 0.15) is 18.1 Å². The number of hydrogen-bond acceptors (Lipinski definition) is 3. The van der Waals surface area contributed by atoms with Gasteiger partial charge in [0.25, 0.3) is 0 Å². The fraction of sp³-hybridized carbons (Fsp3) is 0.154. The van der Waals surface area contributed by atoms with Crippen molar-refractivity contribution in [3.63, 3.8) is 0 Å². The van der Waals surface area contributed by atoms with Gasteiger partial charge < -0.3 is 14.5 Å². The summed E-state index contributed by atoms with van der Waals surface area (Å²) in [4.78, 5) is 14.5. The van der Waals surface area contributed by atoms with Crippen LogP contribution in [-0.4, -0.2) is 18.1 Å². The van der Waals surface area contributed by atoms with E-state index in [1.165, 1.54) is 0 Å². The summed E-state index contributed by atoms with van der Waals surface area (Å²) in [5.74, 6) is 0.356. The number of nitrogens with one attached hydrogen (secondary N) is 1. The second kappa shape index (κ2) is 5.73. The average Bonchev–Trinajstić information content (AvgIpc) is 2.83. The van der Waals surface area contributed by atoms with Gasteiger partial charge in [0, 0.05) is 10.7 Å². The van der Waals surface area contributed by atoms with Crippen molar-refractivity contribution in [3.8, 4) is 5.75 Å². The maximum atomic E-state index is 11.7. The van der Waals surface area contributed by atoms with Crippen LogP contribution in [0.2, 0.25) is 0 Å². The molecule has 0 fully saturated rings. The Hall–Kier alpha value is -1.75. The molecule has 0 bridgehead atoms. The second-order valence-corrected chi connectivity index (χ2v) is 4.57. The Morgan fingerprint density at radius 2 is 2.22 bits per heavy atom. The SMILES string of the molecule is COc1cccc(COC(=O)c2cc(Br)c[nH]2)c1. The minimum Gasteiger partial charge on any atom is -0.497 e. The third kappa shape index (κ3) is 3.13. The lowest BCUT2D eigenvalue weighted by Crippen LogP contribution is -2.05. The van der Waals surface area contributed by atoms with E-state index in [0.717, 1.165) is 15.8 Å². The molecule has 1 N–H and O–H groups in total. The van der Waals surface area contributed by atoms with Crippen molar-refractivity contribution in [3.05, 3.63) is 52.3 Å². The third-order valence-corrected chi connectivity index (χ3v) is 2.83. The lowest BCUT2D eigenvalue weighted by molar-refractivity contribution is 0.0466. The Morgan fingerprint density at radius 3 is 2.89 bits per heavy atom. The first-order valence-electron chi connectivity index (χ1n) is 5.33. The summed E-state index contributed by atoms with van der Waals surface area (Å²) >= 11 is 3.26. The summed E-state index contributed by atoms with van der Waals surface area (Å²) in [5, 5.41) is 0. The van der Waals surface area contributed by atoms with Crippen LogP contribution in [0.3, 0.4) is 0 Å². The highest BCUT2D eigenvalue weighted by molar-refractivity contribution is 9.10. The first kappa shape index (κ1) is 12.7. The van der Waals surface area contributed by atoms with Crippen LogP contribution in [0.25, 0.3) is 0 Å². The molecule has 2 rings (SSSR count). The van der Waals surface area contributed by atoms with Crippen molar-refractivity contribution < 1.29 is 14.3 Å². The molecule has 0 spiro atoms. The predicted molar refractivity (Wildman–Crippen MR) is 70.6 cm³/mol. The Bertz CT molecular complexity index is 551. The molecule has 0 aliphatic rings. The van der Waals surface area contributed by atoms with Gasteiger partial charge in [-0.05, 0) is 39.7 Å². The number of carbonyl (C=O) groups is 1. The van der Waals surface area contributed by atoms with Gasteiger partial charge in [-0.15, -0.1) is 0 Å². The maximum absolute atomic E-state index is 11.7. The molecule has 4 nitrogen and oxygen atoms in total. The van der Waals surface area contributed by atoms with Crippen LogP contribution in [-0.2, 0) is 11.3 Å². The number of methoxy groups -OCH3 is 1. The number of H-pyrrole nitrogens is 1. The summed E-state index contributed by atoms with van der Waals surface area (Å²) in [6, 6.07) is 9.08. The molecule has 1 heterocycles. The fourth-order valence-corrected chi connectivity index (χ4v) is 1.82. The number of ether oxygens (including phenoxy) is 2. The molecule has 0 saturated heterocycles. The van der Waals surface area contributed by atoms with Crippen LogP contribution in [0, 0.1) is 0 Å². The molecule has 0 amide bonds. The van der Waals surface area contributed by atoms with Crippen molar-refractivity contribution in [1.29, 1.82) is 0 Å². The Labute approximate surface area is 113 Å². The molecule has 94 valence electrons. The molecule has 0 aliphatic heterocycles. The summed E-state index contributed by atoms with van der Waals surface area (Å²) in [7, 11) is 1.60. The van der Waals surface area contributed by atoms with E-state index < -0.39 is 0 Å². The quantitative estimate of drug-likeness (QED) is 0.883. The van der Waals surface area contributed by atoms with Gasteiger partial charge in [-0.25, -0.2) is 4.79 Å². The molecule has 1 aromatic heterocycles. The van der Waals surface area contributed by atoms with Gasteiger partial charge in [0.15, 0.2) is 0 Å². The zero-order valence-electron chi connectivity index (χ0n) is 9.77. The molecular formula is C13H12BrNO3. The van der Waals surface area contributed by atoms with E-state index >= 15 is 0 Å². The number of aromatic amines is 1. The summed E-state index contributed by atoms with van der Waals surface area (Å²) in [6.45, 7) is 0.215. The molecule has 18 heavy (non-hydrogen) atoms. The molecule has 1 aromatic carbocycles. The predicted octanol–water partition coefficient (Wildman–Crippen LogP) is 3.14. The zero-order chi connectivity index (χ0) is 13.0. The first-order chi connectivity index (χ1) is 8.69. The van der Waals surface area contributed by atoms with Crippen molar-refractivity contribution in [1.82, 2.24) is 4.98 Å². The van der Waals surface area contributed by atoms with E-state index in [-0.39, 0.29) is 12.6 Å². The van der Waals surface area contributed by atoms with Gasteiger partial charge >= 0.3 is 5.97 Å². The molecule has 0 saturated carbocycles. The number of halogens is 1. The molecule has 0 aliphatic carbocycles. The number of carbonyl (C=O) groups excluding carboxylic acids is 1. The van der Waals surface area contributed by atoms with Crippen molar-refractivity contribution in [2.45, 2.75) is 6.61 Å². The van der Waals surface area contributed by atoms with E-state index in [2.05, 4.69) is 20.9 Å². The van der Waals surface area contributed by atoms with Gasteiger partial charge in [0.05, 0.1) is 7.11 Å².